The van der Waals surface area contributed by atoms with Gasteiger partial charge in [-0.2, -0.15) is 5.26 Å². The Labute approximate surface area is 120 Å². The van der Waals surface area contributed by atoms with Gasteiger partial charge < -0.3 is 4.57 Å². The highest BCUT2D eigenvalue weighted by Gasteiger charge is 2.17. The molecule has 102 valence electrons. The summed E-state index contributed by atoms with van der Waals surface area (Å²) in [7, 11) is 0. The van der Waals surface area contributed by atoms with E-state index in [1.807, 2.05) is 6.07 Å². The molecule has 0 spiro atoms. The van der Waals surface area contributed by atoms with Gasteiger partial charge >= 0.3 is 0 Å². The minimum atomic E-state index is -0.389. The van der Waals surface area contributed by atoms with Crippen LogP contribution in [0.1, 0.15) is 30.7 Å². The summed E-state index contributed by atoms with van der Waals surface area (Å²) in [5.74, 6) is 0.596. The fourth-order valence-electron chi connectivity index (χ4n) is 2.29. The number of aryl methyl sites for hydroxylation is 1. The van der Waals surface area contributed by atoms with Gasteiger partial charge in [0.25, 0.3) is 0 Å². The number of halogens is 1. The predicted molar refractivity (Wildman–Crippen MR) is 72.8 cm³/mol. The van der Waals surface area contributed by atoms with Crippen molar-refractivity contribution < 1.29 is 4.39 Å². The Kier molecular flexibility index (Phi) is 3.70. The second kappa shape index (κ2) is 5.63. The normalized spacial score (nSPS) is 14.4. The van der Waals surface area contributed by atoms with Crippen molar-refractivity contribution in [1.82, 2.24) is 14.8 Å². The number of nitrogens with zero attached hydrogens (tertiary/aromatic N) is 4. The number of hydrogen-bond donors (Lipinski definition) is 0. The van der Waals surface area contributed by atoms with Crippen molar-refractivity contribution in [2.45, 2.75) is 42.3 Å². The highest BCUT2D eigenvalue weighted by Crippen LogP contribution is 2.30. The van der Waals surface area contributed by atoms with Crippen LogP contribution < -0.4 is 0 Å². The average Bonchev–Trinajstić information content (AvgIpc) is 2.69. The molecule has 0 aliphatic carbocycles. The van der Waals surface area contributed by atoms with E-state index in [0.29, 0.717) is 10.5 Å². The van der Waals surface area contributed by atoms with E-state index in [-0.39, 0.29) is 5.82 Å². The molecule has 0 bridgehead atoms. The Hall–Kier alpha value is -1.87. The molecule has 0 saturated heterocycles. The second-order valence-electron chi connectivity index (χ2n) is 4.72. The number of benzene rings is 1. The van der Waals surface area contributed by atoms with E-state index in [1.165, 1.54) is 24.2 Å². The molecule has 1 aliphatic rings. The van der Waals surface area contributed by atoms with E-state index >= 15 is 0 Å². The molecule has 20 heavy (non-hydrogen) atoms. The molecule has 1 aromatic heterocycles. The lowest BCUT2D eigenvalue weighted by Gasteiger charge is -2.07. The maximum Gasteiger partial charge on any atom is 0.196 e. The molecule has 6 heteroatoms. The molecule has 0 fully saturated rings. The number of nitriles is 1. The van der Waals surface area contributed by atoms with Crippen LogP contribution >= 0.6 is 11.8 Å². The van der Waals surface area contributed by atoms with Gasteiger partial charge in [-0.3, -0.25) is 0 Å². The van der Waals surface area contributed by atoms with Crippen LogP contribution in [0.4, 0.5) is 4.39 Å². The fraction of sp³-hybridized carbons (Fsp3) is 0.357. The highest BCUT2D eigenvalue weighted by atomic mass is 32.2. The van der Waals surface area contributed by atoms with Crippen molar-refractivity contribution >= 4 is 11.8 Å². The van der Waals surface area contributed by atoms with Crippen LogP contribution in [0.15, 0.2) is 28.3 Å². The van der Waals surface area contributed by atoms with Crippen LogP contribution in [0, 0.1) is 17.1 Å². The van der Waals surface area contributed by atoms with Crippen molar-refractivity contribution in [3.8, 4) is 6.07 Å². The Morgan fingerprint density at radius 2 is 2.15 bits per heavy atom. The zero-order valence-electron chi connectivity index (χ0n) is 10.8. The summed E-state index contributed by atoms with van der Waals surface area (Å²) in [6.45, 7) is 0.891. The minimum Gasteiger partial charge on any atom is -0.306 e. The molecule has 0 radical (unpaired) electrons. The SMILES string of the molecule is N#Cc1ccc(Sc2nnc3n2CCCCC3)c(F)c1. The zero-order valence-corrected chi connectivity index (χ0v) is 11.7. The van der Waals surface area contributed by atoms with Gasteiger partial charge in [-0.25, -0.2) is 4.39 Å². The Balaban J connectivity index is 1.88. The summed E-state index contributed by atoms with van der Waals surface area (Å²) in [6.07, 6.45) is 4.37. The van der Waals surface area contributed by atoms with Gasteiger partial charge in [-0.1, -0.05) is 6.42 Å². The molecule has 0 N–H and O–H groups in total. The summed E-state index contributed by atoms with van der Waals surface area (Å²) >= 11 is 1.27. The standard InChI is InChI=1S/C14H13FN4S/c15-11-8-10(9-16)5-6-12(11)20-14-18-17-13-4-2-1-3-7-19(13)14/h5-6,8H,1-4,7H2. The molecule has 2 heterocycles. The monoisotopic (exact) mass is 288 g/mol. The summed E-state index contributed by atoms with van der Waals surface area (Å²) in [5, 5.41) is 17.8. The first-order valence-corrected chi connectivity index (χ1v) is 7.39. The molecule has 1 aromatic carbocycles. The second-order valence-corrected chi connectivity index (χ2v) is 5.73. The molecule has 4 nitrogen and oxygen atoms in total. The van der Waals surface area contributed by atoms with Crippen LogP contribution in [0.25, 0.3) is 0 Å². The van der Waals surface area contributed by atoms with Crippen LogP contribution in [-0.2, 0) is 13.0 Å². The third kappa shape index (κ3) is 2.54. The quantitative estimate of drug-likeness (QED) is 0.851. The Morgan fingerprint density at radius 3 is 2.95 bits per heavy atom. The molecule has 2 aromatic rings. The lowest BCUT2D eigenvalue weighted by molar-refractivity contribution is 0.586. The summed E-state index contributed by atoms with van der Waals surface area (Å²) in [4.78, 5) is 0.475. The van der Waals surface area contributed by atoms with Gasteiger partial charge in [0.15, 0.2) is 5.16 Å². The third-order valence-electron chi connectivity index (χ3n) is 3.34. The van der Waals surface area contributed by atoms with Crippen molar-refractivity contribution in [2.24, 2.45) is 0 Å². The van der Waals surface area contributed by atoms with Crippen molar-refractivity contribution in [3.05, 3.63) is 35.4 Å². The van der Waals surface area contributed by atoms with Gasteiger partial charge in [-0.15, -0.1) is 10.2 Å². The van der Waals surface area contributed by atoms with Crippen LogP contribution in [0.3, 0.4) is 0 Å². The topological polar surface area (TPSA) is 54.5 Å². The van der Waals surface area contributed by atoms with Crippen molar-refractivity contribution in [3.63, 3.8) is 0 Å². The predicted octanol–water partition coefficient (Wildman–Crippen LogP) is 3.17. The van der Waals surface area contributed by atoms with E-state index < -0.39 is 0 Å². The maximum absolute atomic E-state index is 13.9. The zero-order chi connectivity index (χ0) is 13.9. The van der Waals surface area contributed by atoms with E-state index in [0.717, 1.165) is 36.8 Å². The highest BCUT2D eigenvalue weighted by molar-refractivity contribution is 7.99. The lowest BCUT2D eigenvalue weighted by Crippen LogP contribution is -2.02. The summed E-state index contributed by atoms with van der Waals surface area (Å²) < 4.78 is 16.0. The van der Waals surface area contributed by atoms with Crippen molar-refractivity contribution in [2.75, 3.05) is 0 Å². The Morgan fingerprint density at radius 1 is 1.25 bits per heavy atom. The van der Waals surface area contributed by atoms with E-state index in [4.69, 9.17) is 5.26 Å². The van der Waals surface area contributed by atoms with Gasteiger partial charge in [0.1, 0.15) is 11.6 Å². The van der Waals surface area contributed by atoms with E-state index in [1.54, 1.807) is 12.1 Å². The molecule has 1 aliphatic heterocycles. The summed E-state index contributed by atoms with van der Waals surface area (Å²) in [6, 6.07) is 6.42. The first kappa shape index (κ1) is 13.1. The number of rotatable bonds is 2. The fourth-order valence-corrected chi connectivity index (χ4v) is 3.16. The first-order chi connectivity index (χ1) is 9.78. The number of hydrogen-bond acceptors (Lipinski definition) is 4. The number of fused-ring (bicyclic) bond motifs is 1. The smallest absolute Gasteiger partial charge is 0.196 e. The number of aromatic nitrogens is 3. The van der Waals surface area contributed by atoms with Gasteiger partial charge in [0.05, 0.1) is 16.5 Å². The average molecular weight is 288 g/mol. The molecular formula is C14H13FN4S. The van der Waals surface area contributed by atoms with Crippen LogP contribution in [-0.4, -0.2) is 14.8 Å². The largest absolute Gasteiger partial charge is 0.306 e. The van der Waals surface area contributed by atoms with Gasteiger partial charge in [-0.05, 0) is 42.8 Å². The Bertz CT molecular complexity index is 674. The molecular weight excluding hydrogens is 275 g/mol. The van der Waals surface area contributed by atoms with Gasteiger partial charge in [0.2, 0.25) is 0 Å². The first-order valence-electron chi connectivity index (χ1n) is 6.57. The minimum absolute atomic E-state index is 0.326. The van der Waals surface area contributed by atoms with Crippen LogP contribution in [0.5, 0.6) is 0 Å². The third-order valence-corrected chi connectivity index (χ3v) is 4.37. The molecule has 0 saturated carbocycles. The summed E-state index contributed by atoms with van der Waals surface area (Å²) in [5.41, 5.74) is 0.326. The molecule has 0 amide bonds. The molecule has 0 unspecified atom stereocenters. The lowest BCUT2D eigenvalue weighted by atomic mass is 10.2. The van der Waals surface area contributed by atoms with E-state index in [2.05, 4.69) is 14.8 Å². The maximum atomic E-state index is 13.9. The van der Waals surface area contributed by atoms with Gasteiger partial charge in [0, 0.05) is 13.0 Å². The van der Waals surface area contributed by atoms with E-state index in [9.17, 15) is 4.39 Å². The molecule has 3 rings (SSSR count). The van der Waals surface area contributed by atoms with Crippen molar-refractivity contribution in [1.29, 1.82) is 5.26 Å². The molecule has 0 atom stereocenters. The van der Waals surface area contributed by atoms with Crippen LogP contribution in [0.2, 0.25) is 0 Å².